The monoisotopic (exact) mass is 392 g/mol. The first kappa shape index (κ1) is 18.4. The van der Waals surface area contributed by atoms with Crippen LogP contribution < -0.4 is 16.0 Å². The molecule has 2 heterocycles. The highest BCUT2D eigenvalue weighted by molar-refractivity contribution is 7.89. The minimum atomic E-state index is -3.77. The van der Waals surface area contributed by atoms with E-state index >= 15 is 0 Å². The van der Waals surface area contributed by atoms with Crippen LogP contribution in [0.1, 0.15) is 19.3 Å². The maximum Gasteiger partial charge on any atom is 0.243 e. The van der Waals surface area contributed by atoms with Gasteiger partial charge in [0.1, 0.15) is 0 Å². The molecule has 1 aliphatic carbocycles. The first-order valence-corrected chi connectivity index (χ1v) is 10.7. The van der Waals surface area contributed by atoms with E-state index in [1.807, 2.05) is 0 Å². The summed E-state index contributed by atoms with van der Waals surface area (Å²) in [4.78, 5) is 24.2. The van der Waals surface area contributed by atoms with Gasteiger partial charge in [-0.25, -0.2) is 8.42 Å². The van der Waals surface area contributed by atoms with E-state index in [-0.39, 0.29) is 41.1 Å². The van der Waals surface area contributed by atoms with Crippen molar-refractivity contribution in [3.63, 3.8) is 0 Å². The summed E-state index contributed by atoms with van der Waals surface area (Å²) < 4.78 is 26.7. The summed E-state index contributed by atoms with van der Waals surface area (Å²) in [5, 5.41) is 8.81. The number of carbonyl (C=O) groups is 2. The molecule has 0 radical (unpaired) electrons. The molecule has 1 aromatic carbocycles. The number of benzene rings is 1. The van der Waals surface area contributed by atoms with Crippen LogP contribution in [0.25, 0.3) is 0 Å². The summed E-state index contributed by atoms with van der Waals surface area (Å²) in [6.07, 6.45) is 2.93. The van der Waals surface area contributed by atoms with Gasteiger partial charge in [0.15, 0.2) is 0 Å². The summed E-state index contributed by atoms with van der Waals surface area (Å²) >= 11 is 0. The summed E-state index contributed by atoms with van der Waals surface area (Å²) in [6.45, 7) is 2.25. The predicted molar refractivity (Wildman–Crippen MR) is 99.5 cm³/mol. The second-order valence-electron chi connectivity index (χ2n) is 7.57. The summed E-state index contributed by atoms with van der Waals surface area (Å²) in [5.41, 5.74) is 0.596. The molecule has 1 spiro atoms. The van der Waals surface area contributed by atoms with Crippen LogP contribution in [0, 0.1) is 11.3 Å². The van der Waals surface area contributed by atoms with E-state index in [2.05, 4.69) is 16.0 Å². The van der Waals surface area contributed by atoms with Crippen LogP contribution in [0.3, 0.4) is 0 Å². The van der Waals surface area contributed by atoms with Gasteiger partial charge in [-0.3, -0.25) is 9.59 Å². The Morgan fingerprint density at radius 1 is 1.22 bits per heavy atom. The van der Waals surface area contributed by atoms with Crippen LogP contribution in [0.2, 0.25) is 0 Å². The van der Waals surface area contributed by atoms with Crippen LogP contribution in [0.4, 0.5) is 5.69 Å². The quantitative estimate of drug-likeness (QED) is 0.675. The number of piperazine rings is 1. The number of hydrogen-bond donors (Lipinski definition) is 3. The molecule has 3 N–H and O–H groups in total. The van der Waals surface area contributed by atoms with Crippen LogP contribution in [0.15, 0.2) is 29.2 Å². The maximum atomic E-state index is 12.8. The lowest BCUT2D eigenvalue weighted by Crippen LogP contribution is -2.49. The molecule has 3 fully saturated rings. The van der Waals surface area contributed by atoms with Gasteiger partial charge in [0.25, 0.3) is 0 Å². The summed E-state index contributed by atoms with van der Waals surface area (Å²) in [7, 11) is -3.77. The lowest BCUT2D eigenvalue weighted by Gasteiger charge is -2.26. The van der Waals surface area contributed by atoms with Crippen molar-refractivity contribution >= 4 is 27.5 Å². The Kier molecular flexibility index (Phi) is 4.69. The van der Waals surface area contributed by atoms with Crippen LogP contribution in [-0.4, -0.2) is 57.3 Å². The largest absolute Gasteiger partial charge is 0.354 e. The minimum Gasteiger partial charge on any atom is -0.354 e. The van der Waals surface area contributed by atoms with Gasteiger partial charge in [-0.2, -0.15) is 4.31 Å². The van der Waals surface area contributed by atoms with Gasteiger partial charge in [-0.1, -0.05) is 6.07 Å². The van der Waals surface area contributed by atoms with E-state index in [1.54, 1.807) is 12.1 Å². The number of nitrogens with zero attached hydrogens (tertiary/aromatic N) is 1. The van der Waals surface area contributed by atoms with Crippen molar-refractivity contribution < 1.29 is 18.0 Å². The third-order valence-corrected chi connectivity index (χ3v) is 7.69. The number of hydrogen-bond acceptors (Lipinski definition) is 5. The number of nitrogens with one attached hydrogen (secondary N) is 3. The zero-order chi connectivity index (χ0) is 19.1. The lowest BCUT2D eigenvalue weighted by atomic mass is 9.92. The maximum absolute atomic E-state index is 12.8. The molecule has 2 aliphatic heterocycles. The van der Waals surface area contributed by atoms with E-state index in [4.69, 9.17) is 0 Å². The van der Waals surface area contributed by atoms with Crippen molar-refractivity contribution in [3.8, 4) is 0 Å². The van der Waals surface area contributed by atoms with Crippen LogP contribution in [-0.2, 0) is 19.6 Å². The van der Waals surface area contributed by atoms with Gasteiger partial charge in [0.05, 0.1) is 11.4 Å². The molecule has 27 heavy (non-hydrogen) atoms. The number of anilines is 1. The first-order valence-electron chi connectivity index (χ1n) is 9.29. The molecule has 1 saturated carbocycles. The fourth-order valence-electron chi connectivity index (χ4n) is 4.13. The van der Waals surface area contributed by atoms with Crippen molar-refractivity contribution in [2.24, 2.45) is 11.3 Å². The van der Waals surface area contributed by atoms with Crippen LogP contribution >= 0.6 is 0 Å². The lowest BCUT2D eigenvalue weighted by molar-refractivity contribution is -0.122. The molecule has 3 aliphatic rings. The van der Waals surface area contributed by atoms with Crippen LogP contribution in [0.5, 0.6) is 0 Å². The van der Waals surface area contributed by atoms with Gasteiger partial charge < -0.3 is 16.0 Å². The van der Waals surface area contributed by atoms with E-state index < -0.39 is 10.0 Å². The van der Waals surface area contributed by atoms with Crippen molar-refractivity contribution in [2.45, 2.75) is 24.2 Å². The molecule has 0 aromatic heterocycles. The summed E-state index contributed by atoms with van der Waals surface area (Å²) in [5.74, 6) is -0.343. The number of amides is 2. The Morgan fingerprint density at radius 2 is 2.00 bits per heavy atom. The number of carbonyl (C=O) groups excluding carboxylic acids is 2. The number of rotatable bonds is 4. The van der Waals surface area contributed by atoms with Gasteiger partial charge in [-0.15, -0.1) is 0 Å². The van der Waals surface area contributed by atoms with Gasteiger partial charge in [-0.05, 0) is 56.0 Å². The van der Waals surface area contributed by atoms with Crippen molar-refractivity contribution in [1.82, 2.24) is 14.9 Å². The molecule has 9 heteroatoms. The van der Waals surface area contributed by atoms with Gasteiger partial charge >= 0.3 is 0 Å². The molecular weight excluding hydrogens is 368 g/mol. The van der Waals surface area contributed by atoms with Crippen molar-refractivity contribution in [1.29, 1.82) is 0 Å². The average Bonchev–Trinajstić information content (AvgIpc) is 3.35. The molecular formula is C18H24N4O4S. The van der Waals surface area contributed by atoms with Crippen molar-refractivity contribution in [3.05, 3.63) is 24.3 Å². The molecule has 2 amide bonds. The minimum absolute atomic E-state index is 0.00523. The molecule has 0 bridgehead atoms. The Balaban J connectivity index is 1.46. The van der Waals surface area contributed by atoms with Gasteiger partial charge in [0.2, 0.25) is 21.8 Å². The van der Waals surface area contributed by atoms with Crippen molar-refractivity contribution in [2.75, 3.05) is 38.0 Å². The molecule has 8 nitrogen and oxygen atoms in total. The standard InChI is InChI=1S/C18H24N4O4S/c23-16-12-22(9-8-20-16)27(25,26)14-3-1-2-13(10-14)21-17(24)15-11-18(15)4-6-19-7-5-18/h1-3,10,15,19H,4-9,11-12H2,(H,20,23)(H,21,24). The SMILES string of the molecule is O=C1CN(S(=O)(=O)c2cccc(NC(=O)C3CC34CCNCC4)c2)CCN1. The topological polar surface area (TPSA) is 108 Å². The smallest absolute Gasteiger partial charge is 0.243 e. The highest BCUT2D eigenvalue weighted by Gasteiger charge is 2.57. The Hall–Kier alpha value is -1.97. The molecule has 4 rings (SSSR count). The third-order valence-electron chi connectivity index (χ3n) is 5.85. The second kappa shape index (κ2) is 6.88. The van der Waals surface area contributed by atoms with Gasteiger partial charge in [0, 0.05) is 24.7 Å². The molecule has 1 unspecified atom stereocenters. The zero-order valence-electron chi connectivity index (χ0n) is 15.0. The van der Waals surface area contributed by atoms with E-state index in [0.29, 0.717) is 12.2 Å². The third kappa shape index (κ3) is 3.59. The predicted octanol–water partition coefficient (Wildman–Crippen LogP) is 0.135. The number of sulfonamides is 1. The fraction of sp³-hybridized carbons (Fsp3) is 0.556. The van der Waals surface area contributed by atoms with E-state index in [0.717, 1.165) is 36.7 Å². The second-order valence-corrected chi connectivity index (χ2v) is 9.51. The zero-order valence-corrected chi connectivity index (χ0v) is 15.8. The van der Waals surface area contributed by atoms with E-state index in [9.17, 15) is 18.0 Å². The average molecular weight is 392 g/mol. The molecule has 146 valence electrons. The normalized spacial score (nSPS) is 25.0. The Morgan fingerprint density at radius 3 is 2.74 bits per heavy atom. The molecule has 1 atom stereocenters. The highest BCUT2D eigenvalue weighted by Crippen LogP contribution is 2.58. The first-order chi connectivity index (χ1) is 12.9. The van der Waals surface area contributed by atoms with E-state index in [1.165, 1.54) is 12.1 Å². The molecule has 2 saturated heterocycles. The Labute approximate surface area is 158 Å². The highest BCUT2D eigenvalue weighted by atomic mass is 32.2. The molecule has 1 aromatic rings. The number of piperidine rings is 1. The summed E-state index contributed by atoms with van der Waals surface area (Å²) in [6, 6.07) is 6.26. The Bertz CT molecular complexity index is 864. The fourth-order valence-corrected chi connectivity index (χ4v) is 5.57.